The summed E-state index contributed by atoms with van der Waals surface area (Å²) in [5.41, 5.74) is 3.79. The highest BCUT2D eigenvalue weighted by molar-refractivity contribution is 6.01. The molecule has 1 saturated carbocycles. The zero-order valence-corrected chi connectivity index (χ0v) is 18.1. The summed E-state index contributed by atoms with van der Waals surface area (Å²) < 4.78 is 15.7. The number of carbonyl (C=O) groups excluding carboxylic acids is 2. The van der Waals surface area contributed by atoms with E-state index in [-0.39, 0.29) is 23.5 Å². The van der Waals surface area contributed by atoms with Gasteiger partial charge in [-0.2, -0.15) is 0 Å². The molecule has 0 saturated heterocycles. The van der Waals surface area contributed by atoms with Crippen molar-refractivity contribution in [3.05, 3.63) is 102 Å². The van der Waals surface area contributed by atoms with E-state index in [1.54, 1.807) is 6.07 Å². The fourth-order valence-electron chi connectivity index (χ4n) is 3.98. The number of nitrogens with one attached hydrogen (secondary N) is 2. The number of amides is 2. The van der Waals surface area contributed by atoms with Gasteiger partial charge in [0.1, 0.15) is 11.5 Å². The molecule has 166 valence electrons. The van der Waals surface area contributed by atoms with E-state index >= 15 is 0 Å². The first-order chi connectivity index (χ1) is 16.1. The van der Waals surface area contributed by atoms with Crippen molar-refractivity contribution in [1.82, 2.24) is 9.88 Å². The Hall–Kier alpha value is -3.93. The monoisotopic (exact) mass is 441 g/mol. The van der Waals surface area contributed by atoms with Crippen LogP contribution in [0.25, 0.3) is 10.9 Å². The maximum Gasteiger partial charge on any atom is 0.268 e. The van der Waals surface area contributed by atoms with Gasteiger partial charge in [-0.15, -0.1) is 0 Å². The number of nitrogens with zero attached hydrogens (tertiary/aromatic N) is 1. The lowest BCUT2D eigenvalue weighted by atomic mass is 10.2. The number of rotatable bonds is 7. The van der Waals surface area contributed by atoms with Crippen LogP contribution in [0, 0.1) is 11.7 Å². The van der Waals surface area contributed by atoms with Crippen molar-refractivity contribution in [2.45, 2.75) is 25.9 Å². The lowest BCUT2D eigenvalue weighted by Crippen LogP contribution is -2.25. The standard InChI is InChI=1S/C27H24FN3O2/c28-22-8-4-7-19(13-22)17-31-24-12-11-23(30-26(32)20-9-10-20)14-21(24)15-25(31)27(33)29-16-18-5-2-1-3-6-18/h1-8,11-15,20H,9-10,16-17H2,(H,29,33)(H,30,32). The molecule has 1 aliphatic carbocycles. The lowest BCUT2D eigenvalue weighted by molar-refractivity contribution is -0.117. The summed E-state index contributed by atoms with van der Waals surface area (Å²) in [5, 5.41) is 6.78. The molecule has 0 unspecified atom stereocenters. The molecular weight excluding hydrogens is 417 g/mol. The van der Waals surface area contributed by atoms with Crippen molar-refractivity contribution in [2.24, 2.45) is 5.92 Å². The molecule has 4 aromatic rings. The van der Waals surface area contributed by atoms with E-state index < -0.39 is 0 Å². The Bertz CT molecular complexity index is 1330. The van der Waals surface area contributed by atoms with Crippen molar-refractivity contribution < 1.29 is 14.0 Å². The number of benzene rings is 3. The van der Waals surface area contributed by atoms with Crippen molar-refractivity contribution in [3.8, 4) is 0 Å². The van der Waals surface area contributed by atoms with Gasteiger partial charge in [0.25, 0.3) is 5.91 Å². The van der Waals surface area contributed by atoms with E-state index in [1.165, 1.54) is 12.1 Å². The first-order valence-corrected chi connectivity index (χ1v) is 11.1. The minimum absolute atomic E-state index is 0.0365. The number of hydrogen-bond donors (Lipinski definition) is 2. The van der Waals surface area contributed by atoms with Crippen LogP contribution in [0.1, 0.15) is 34.5 Å². The van der Waals surface area contributed by atoms with Crippen LogP contribution >= 0.6 is 0 Å². The largest absolute Gasteiger partial charge is 0.347 e. The third-order valence-corrected chi connectivity index (χ3v) is 5.88. The number of carbonyl (C=O) groups is 2. The molecule has 5 nitrogen and oxygen atoms in total. The predicted molar refractivity (Wildman–Crippen MR) is 126 cm³/mol. The number of anilines is 1. The van der Waals surface area contributed by atoms with Gasteiger partial charge in [-0.25, -0.2) is 4.39 Å². The Balaban J connectivity index is 1.47. The molecule has 0 aliphatic heterocycles. The van der Waals surface area contributed by atoms with Gasteiger partial charge in [-0.05, 0) is 60.4 Å². The molecule has 5 rings (SSSR count). The third-order valence-electron chi connectivity index (χ3n) is 5.88. The molecule has 2 N–H and O–H groups in total. The fraction of sp³-hybridized carbons (Fsp3) is 0.185. The van der Waals surface area contributed by atoms with Crippen LogP contribution in [0.4, 0.5) is 10.1 Å². The Morgan fingerprint density at radius 2 is 1.70 bits per heavy atom. The molecule has 0 bridgehead atoms. The van der Waals surface area contributed by atoms with Crippen LogP contribution in [0.2, 0.25) is 0 Å². The molecule has 1 heterocycles. The molecule has 0 radical (unpaired) electrons. The zero-order valence-electron chi connectivity index (χ0n) is 18.1. The minimum atomic E-state index is -0.316. The second-order valence-electron chi connectivity index (χ2n) is 8.45. The summed E-state index contributed by atoms with van der Waals surface area (Å²) in [6.07, 6.45) is 1.87. The third kappa shape index (κ3) is 4.80. The van der Waals surface area contributed by atoms with E-state index in [0.29, 0.717) is 24.5 Å². The molecule has 3 aromatic carbocycles. The van der Waals surface area contributed by atoms with E-state index in [1.807, 2.05) is 65.2 Å². The lowest BCUT2D eigenvalue weighted by Gasteiger charge is -2.12. The van der Waals surface area contributed by atoms with Gasteiger partial charge in [-0.3, -0.25) is 9.59 Å². The maximum atomic E-state index is 13.8. The van der Waals surface area contributed by atoms with Gasteiger partial charge in [0.05, 0.1) is 0 Å². The highest BCUT2D eigenvalue weighted by atomic mass is 19.1. The molecular formula is C27H24FN3O2. The summed E-state index contributed by atoms with van der Waals surface area (Å²) >= 11 is 0. The Morgan fingerprint density at radius 3 is 2.45 bits per heavy atom. The van der Waals surface area contributed by atoms with Gasteiger partial charge in [0.15, 0.2) is 0 Å². The zero-order chi connectivity index (χ0) is 22.8. The number of aromatic nitrogens is 1. The summed E-state index contributed by atoms with van der Waals surface area (Å²) in [7, 11) is 0. The smallest absolute Gasteiger partial charge is 0.268 e. The maximum absolute atomic E-state index is 13.8. The minimum Gasteiger partial charge on any atom is -0.347 e. The first-order valence-electron chi connectivity index (χ1n) is 11.1. The molecule has 0 atom stereocenters. The van der Waals surface area contributed by atoms with Gasteiger partial charge in [0.2, 0.25) is 5.91 Å². The fourth-order valence-corrected chi connectivity index (χ4v) is 3.98. The highest BCUT2D eigenvalue weighted by Crippen LogP contribution is 2.31. The van der Waals surface area contributed by atoms with Gasteiger partial charge in [0, 0.05) is 35.6 Å². The quantitative estimate of drug-likeness (QED) is 0.419. The molecule has 2 amide bonds. The molecule has 1 fully saturated rings. The van der Waals surface area contributed by atoms with Gasteiger partial charge >= 0.3 is 0 Å². The van der Waals surface area contributed by atoms with Gasteiger partial charge in [-0.1, -0.05) is 42.5 Å². The van der Waals surface area contributed by atoms with Crippen LogP contribution in [-0.4, -0.2) is 16.4 Å². The topological polar surface area (TPSA) is 63.1 Å². The van der Waals surface area contributed by atoms with Crippen molar-refractivity contribution in [1.29, 1.82) is 0 Å². The molecule has 1 aromatic heterocycles. The van der Waals surface area contributed by atoms with Crippen LogP contribution < -0.4 is 10.6 Å². The van der Waals surface area contributed by atoms with E-state index in [9.17, 15) is 14.0 Å². The number of halogens is 1. The normalized spacial score (nSPS) is 13.1. The molecule has 1 aliphatic rings. The average Bonchev–Trinajstić information content (AvgIpc) is 3.61. The SMILES string of the molecule is O=C(NCc1ccccc1)c1cc2cc(NC(=O)C3CC3)ccc2n1Cc1cccc(F)c1. The van der Waals surface area contributed by atoms with Crippen LogP contribution in [0.3, 0.4) is 0 Å². The van der Waals surface area contributed by atoms with Gasteiger partial charge < -0.3 is 15.2 Å². The second-order valence-corrected chi connectivity index (χ2v) is 8.45. The first kappa shape index (κ1) is 20.9. The van der Waals surface area contributed by atoms with Crippen molar-refractivity contribution >= 4 is 28.4 Å². The average molecular weight is 442 g/mol. The van der Waals surface area contributed by atoms with E-state index in [2.05, 4.69) is 10.6 Å². The Morgan fingerprint density at radius 1 is 0.909 bits per heavy atom. The van der Waals surface area contributed by atoms with Crippen LogP contribution in [0.5, 0.6) is 0 Å². The Labute approximate surface area is 191 Å². The predicted octanol–water partition coefficient (Wildman–Crippen LogP) is 5.11. The summed E-state index contributed by atoms with van der Waals surface area (Å²) in [4.78, 5) is 25.3. The number of hydrogen-bond acceptors (Lipinski definition) is 2. The van der Waals surface area contributed by atoms with E-state index in [4.69, 9.17) is 0 Å². The second kappa shape index (κ2) is 8.90. The summed E-state index contributed by atoms with van der Waals surface area (Å²) in [5.74, 6) is -0.383. The molecule has 6 heteroatoms. The van der Waals surface area contributed by atoms with Crippen LogP contribution in [0.15, 0.2) is 78.9 Å². The summed E-state index contributed by atoms with van der Waals surface area (Å²) in [6, 6.07) is 23.5. The molecule has 0 spiro atoms. The molecule has 33 heavy (non-hydrogen) atoms. The number of fused-ring (bicyclic) bond motifs is 1. The Kier molecular flexibility index (Phi) is 5.65. The van der Waals surface area contributed by atoms with Crippen LogP contribution in [-0.2, 0) is 17.9 Å². The van der Waals surface area contributed by atoms with Crippen molar-refractivity contribution in [2.75, 3.05) is 5.32 Å². The summed E-state index contributed by atoms with van der Waals surface area (Å²) in [6.45, 7) is 0.757. The highest BCUT2D eigenvalue weighted by Gasteiger charge is 2.29. The van der Waals surface area contributed by atoms with E-state index in [0.717, 1.165) is 34.9 Å². The van der Waals surface area contributed by atoms with Crippen molar-refractivity contribution in [3.63, 3.8) is 0 Å².